The summed E-state index contributed by atoms with van der Waals surface area (Å²) in [5, 5.41) is 5.71. The summed E-state index contributed by atoms with van der Waals surface area (Å²) in [6, 6.07) is 16.7. The van der Waals surface area contributed by atoms with E-state index < -0.39 is 12.0 Å². The fourth-order valence-corrected chi connectivity index (χ4v) is 4.36. The monoisotopic (exact) mass is 450 g/mol. The Morgan fingerprint density at radius 1 is 1.03 bits per heavy atom. The van der Waals surface area contributed by atoms with E-state index in [9.17, 15) is 9.59 Å². The van der Waals surface area contributed by atoms with E-state index >= 15 is 0 Å². The summed E-state index contributed by atoms with van der Waals surface area (Å²) in [6.07, 6.45) is 0. The van der Waals surface area contributed by atoms with Crippen LogP contribution in [-0.2, 0) is 9.53 Å². The molecule has 2 aliphatic heterocycles. The topological polar surface area (TPSA) is 83.1 Å². The maximum Gasteiger partial charge on any atom is 0.338 e. The van der Waals surface area contributed by atoms with Crippen molar-refractivity contribution in [1.82, 2.24) is 15.5 Å². The Labute approximate surface area is 194 Å². The molecule has 2 N–H and O–H groups in total. The molecule has 0 spiro atoms. The van der Waals surface area contributed by atoms with Gasteiger partial charge in [0.05, 0.1) is 31.0 Å². The van der Waals surface area contributed by atoms with Gasteiger partial charge in [0.1, 0.15) is 5.75 Å². The van der Waals surface area contributed by atoms with Crippen LogP contribution in [-0.4, -0.2) is 63.3 Å². The molecule has 2 amide bonds. The van der Waals surface area contributed by atoms with Crippen molar-refractivity contribution in [1.29, 1.82) is 0 Å². The second-order valence-corrected chi connectivity index (χ2v) is 7.99. The first-order valence-corrected chi connectivity index (χ1v) is 11.2. The minimum atomic E-state index is -0.554. The lowest BCUT2D eigenvalue weighted by atomic mass is 9.95. The maximum absolute atomic E-state index is 12.7. The van der Waals surface area contributed by atoms with E-state index in [4.69, 9.17) is 9.47 Å². The molecule has 0 aliphatic carbocycles. The molecule has 33 heavy (non-hydrogen) atoms. The largest absolute Gasteiger partial charge is 0.492 e. The molecule has 0 radical (unpaired) electrons. The van der Waals surface area contributed by atoms with Crippen LogP contribution in [0.4, 0.5) is 10.5 Å². The van der Waals surface area contributed by atoms with Crippen LogP contribution < -0.4 is 20.3 Å². The zero-order valence-corrected chi connectivity index (χ0v) is 19.0. The Kier molecular flexibility index (Phi) is 7.14. The quantitative estimate of drug-likeness (QED) is 0.631. The van der Waals surface area contributed by atoms with Crippen molar-refractivity contribution in [3.8, 4) is 5.75 Å². The molecule has 8 nitrogen and oxygen atoms in total. The maximum atomic E-state index is 12.7. The van der Waals surface area contributed by atoms with Crippen molar-refractivity contribution in [2.45, 2.75) is 13.0 Å². The molecule has 2 aliphatic rings. The third-order valence-corrected chi connectivity index (χ3v) is 5.95. The van der Waals surface area contributed by atoms with Gasteiger partial charge in [-0.2, -0.15) is 0 Å². The number of anilines is 1. The summed E-state index contributed by atoms with van der Waals surface area (Å²) in [5.41, 5.74) is 2.95. The molecule has 0 unspecified atom stereocenters. The Balaban J connectivity index is 1.52. The second-order valence-electron chi connectivity index (χ2n) is 7.99. The number of amides is 2. The van der Waals surface area contributed by atoms with Gasteiger partial charge in [0.25, 0.3) is 0 Å². The molecular formula is C25H30N4O4. The molecule has 1 atom stereocenters. The first-order valence-electron chi connectivity index (χ1n) is 11.2. The van der Waals surface area contributed by atoms with Gasteiger partial charge in [-0.3, -0.25) is 4.90 Å². The molecule has 2 aromatic rings. The lowest BCUT2D eigenvalue weighted by Crippen LogP contribution is -2.51. The number of nitrogens with zero attached hydrogens (tertiary/aromatic N) is 2. The average molecular weight is 451 g/mol. The Bertz CT molecular complexity index is 1020. The predicted molar refractivity (Wildman–Crippen MR) is 126 cm³/mol. The number of para-hydroxylation sites is 2. The minimum absolute atomic E-state index is 0.323. The number of hydrogen-bond acceptors (Lipinski definition) is 6. The van der Waals surface area contributed by atoms with Gasteiger partial charge in [-0.05, 0) is 24.6 Å². The molecule has 8 heteroatoms. The van der Waals surface area contributed by atoms with Crippen LogP contribution in [0, 0.1) is 0 Å². The summed E-state index contributed by atoms with van der Waals surface area (Å²) in [7, 11) is 1.36. The van der Waals surface area contributed by atoms with Crippen molar-refractivity contribution in [2.75, 3.05) is 51.3 Å². The van der Waals surface area contributed by atoms with Crippen molar-refractivity contribution >= 4 is 17.7 Å². The molecule has 1 saturated heterocycles. The van der Waals surface area contributed by atoms with Crippen LogP contribution in [0.1, 0.15) is 18.5 Å². The van der Waals surface area contributed by atoms with E-state index in [0.717, 1.165) is 43.2 Å². The third kappa shape index (κ3) is 5.12. The van der Waals surface area contributed by atoms with Crippen LogP contribution in [0.5, 0.6) is 5.75 Å². The number of urea groups is 1. The zero-order chi connectivity index (χ0) is 23.2. The summed E-state index contributed by atoms with van der Waals surface area (Å²) < 4.78 is 10.9. The molecule has 4 rings (SSSR count). The predicted octanol–water partition coefficient (Wildman–Crippen LogP) is 2.69. The van der Waals surface area contributed by atoms with Crippen molar-refractivity contribution in [2.24, 2.45) is 0 Å². The van der Waals surface area contributed by atoms with Crippen LogP contribution in [0.2, 0.25) is 0 Å². The fraction of sp³-hybridized carbons (Fsp3) is 0.360. The summed E-state index contributed by atoms with van der Waals surface area (Å²) >= 11 is 0. The van der Waals surface area contributed by atoms with E-state index in [-0.39, 0.29) is 6.03 Å². The third-order valence-electron chi connectivity index (χ3n) is 5.95. The highest BCUT2D eigenvalue weighted by atomic mass is 16.5. The number of hydrogen-bond donors (Lipinski definition) is 2. The number of ether oxygens (including phenoxy) is 2. The number of carbonyl (C=O) groups is 2. The highest BCUT2D eigenvalue weighted by molar-refractivity contribution is 5.95. The van der Waals surface area contributed by atoms with Crippen LogP contribution in [0.15, 0.2) is 65.9 Å². The summed E-state index contributed by atoms with van der Waals surface area (Å²) in [5.74, 6) is 0.441. The standard InChI is InChI=1S/C25H30N4O4/c1-3-33-21-12-8-7-11-20(21)29-15-13-28(14-16-29)17-19-22(24(30)32-2)23(27-25(31)26-19)18-9-5-4-6-10-18/h4-12,23H,3,13-17H2,1-2H3,(H2,26,27,31)/t23-/m1/s1. The number of esters is 1. The minimum Gasteiger partial charge on any atom is -0.492 e. The number of piperazine rings is 1. The van der Waals surface area contributed by atoms with E-state index in [2.05, 4.69) is 26.5 Å². The lowest BCUT2D eigenvalue weighted by molar-refractivity contribution is -0.136. The molecule has 174 valence electrons. The van der Waals surface area contributed by atoms with Crippen LogP contribution in [0.3, 0.4) is 0 Å². The Morgan fingerprint density at radius 2 is 1.73 bits per heavy atom. The van der Waals surface area contributed by atoms with Crippen molar-refractivity contribution < 1.29 is 19.1 Å². The van der Waals surface area contributed by atoms with Gasteiger partial charge in [0.2, 0.25) is 0 Å². The first-order chi connectivity index (χ1) is 16.1. The lowest BCUT2D eigenvalue weighted by Gasteiger charge is -2.38. The molecule has 0 saturated carbocycles. The smallest absolute Gasteiger partial charge is 0.338 e. The molecule has 1 fully saturated rings. The van der Waals surface area contributed by atoms with E-state index in [1.807, 2.05) is 55.5 Å². The number of methoxy groups -OCH3 is 1. The van der Waals surface area contributed by atoms with E-state index in [0.29, 0.717) is 24.4 Å². The van der Waals surface area contributed by atoms with Gasteiger partial charge in [0.15, 0.2) is 0 Å². The van der Waals surface area contributed by atoms with E-state index in [1.54, 1.807) is 0 Å². The van der Waals surface area contributed by atoms with Gasteiger partial charge in [-0.25, -0.2) is 9.59 Å². The fourth-order valence-electron chi connectivity index (χ4n) is 4.36. The summed E-state index contributed by atoms with van der Waals surface area (Å²) in [4.78, 5) is 29.7. The van der Waals surface area contributed by atoms with Gasteiger partial charge >= 0.3 is 12.0 Å². The molecule has 0 bridgehead atoms. The number of carbonyl (C=O) groups excluding carboxylic acids is 2. The molecule has 2 heterocycles. The molecule has 2 aromatic carbocycles. The van der Waals surface area contributed by atoms with Crippen LogP contribution in [0.25, 0.3) is 0 Å². The zero-order valence-electron chi connectivity index (χ0n) is 19.0. The highest BCUT2D eigenvalue weighted by Crippen LogP contribution is 2.30. The molecule has 0 aromatic heterocycles. The Hall–Kier alpha value is -3.52. The SMILES string of the molecule is CCOc1ccccc1N1CCN(CC2=C(C(=O)OC)[C@@H](c3ccccc3)NC(=O)N2)CC1. The second kappa shape index (κ2) is 10.4. The normalized spacial score (nSPS) is 19.0. The van der Waals surface area contributed by atoms with Gasteiger partial charge < -0.3 is 25.0 Å². The van der Waals surface area contributed by atoms with E-state index in [1.165, 1.54) is 7.11 Å². The molecular weight excluding hydrogens is 420 g/mol. The average Bonchev–Trinajstić information content (AvgIpc) is 2.85. The van der Waals surface area contributed by atoms with Gasteiger partial charge in [-0.15, -0.1) is 0 Å². The summed E-state index contributed by atoms with van der Waals surface area (Å²) in [6.45, 7) is 6.28. The number of benzene rings is 2. The van der Waals surface area contributed by atoms with Crippen LogP contribution >= 0.6 is 0 Å². The first kappa shape index (κ1) is 22.7. The number of nitrogens with one attached hydrogen (secondary N) is 2. The van der Waals surface area contributed by atoms with Crippen molar-refractivity contribution in [3.05, 3.63) is 71.4 Å². The Morgan fingerprint density at radius 3 is 2.42 bits per heavy atom. The highest BCUT2D eigenvalue weighted by Gasteiger charge is 2.34. The van der Waals surface area contributed by atoms with Gasteiger partial charge in [0, 0.05) is 38.4 Å². The van der Waals surface area contributed by atoms with Gasteiger partial charge in [-0.1, -0.05) is 42.5 Å². The van der Waals surface area contributed by atoms with Crippen molar-refractivity contribution in [3.63, 3.8) is 0 Å². The number of rotatable bonds is 7.